The third-order valence-electron chi connectivity index (χ3n) is 7.37. The second-order valence-electron chi connectivity index (χ2n) is 11.3. The molecule has 0 unspecified atom stereocenters. The van der Waals surface area contributed by atoms with E-state index in [1.165, 1.54) is 19.1 Å². The van der Waals surface area contributed by atoms with Crippen molar-refractivity contribution in [3.63, 3.8) is 0 Å². The Labute approximate surface area is 276 Å². The number of hydrogen-bond donors (Lipinski definition) is 8. The average molecular weight is 673 g/mol. The zero-order valence-electron chi connectivity index (χ0n) is 27.4. The van der Waals surface area contributed by atoms with Gasteiger partial charge in [0.15, 0.2) is 5.96 Å². The average Bonchev–Trinajstić information content (AvgIpc) is 3.00. The van der Waals surface area contributed by atoms with Crippen LogP contribution in [0.5, 0.6) is 0 Å². The van der Waals surface area contributed by atoms with Gasteiger partial charge in [0.2, 0.25) is 29.5 Å². The lowest BCUT2D eigenvalue weighted by molar-refractivity contribution is -0.138. The van der Waals surface area contributed by atoms with Gasteiger partial charge < -0.3 is 47.6 Å². The molecule has 1 heterocycles. The molecule has 2 aromatic rings. The number of nitrogens with zero attached hydrogens (tertiary/aromatic N) is 1. The van der Waals surface area contributed by atoms with Crippen molar-refractivity contribution in [2.24, 2.45) is 22.4 Å². The molecule has 10 N–H and O–H groups in total. The molecule has 1 aromatic carbocycles. The number of guanidine groups is 1. The van der Waals surface area contributed by atoms with Crippen LogP contribution in [0.1, 0.15) is 58.4 Å². The zero-order valence-corrected chi connectivity index (χ0v) is 27.4. The highest BCUT2D eigenvalue weighted by molar-refractivity contribution is 5.99. The Hall–Kier alpha value is -5.48. The van der Waals surface area contributed by atoms with Gasteiger partial charge in [-0.25, -0.2) is 4.79 Å². The van der Waals surface area contributed by atoms with E-state index in [0.29, 0.717) is 29.5 Å². The summed E-state index contributed by atoms with van der Waals surface area (Å²) in [5.74, 6) is -5.01. The number of amides is 5. The SMILES string of the molecule is CC[C@H](C)[C@H](NC(C)=O)C(=O)N[C@@H](CCC(=O)O)C(=O)NCC(=O)N[C@@H](CCCN=C(N)N)C(=O)Nc1ccc2c(C)cc(=O)oc2c1. The molecule has 48 heavy (non-hydrogen) atoms. The molecule has 0 fully saturated rings. The van der Waals surface area contributed by atoms with Crippen LogP contribution in [0.15, 0.2) is 38.5 Å². The first-order valence-electron chi connectivity index (χ1n) is 15.4. The normalized spacial score (nSPS) is 13.2. The van der Waals surface area contributed by atoms with Gasteiger partial charge in [0.05, 0.1) is 6.54 Å². The summed E-state index contributed by atoms with van der Waals surface area (Å²) in [5, 5.41) is 22.4. The van der Waals surface area contributed by atoms with E-state index in [0.717, 1.165) is 0 Å². The van der Waals surface area contributed by atoms with Crippen LogP contribution >= 0.6 is 0 Å². The first kappa shape index (κ1) is 38.7. The van der Waals surface area contributed by atoms with Crippen LogP contribution in [-0.2, 0) is 28.8 Å². The third-order valence-corrected chi connectivity index (χ3v) is 7.37. The van der Waals surface area contributed by atoms with E-state index < -0.39 is 72.2 Å². The maximum absolute atomic E-state index is 13.3. The smallest absolute Gasteiger partial charge is 0.336 e. The van der Waals surface area contributed by atoms with Crippen molar-refractivity contribution in [1.29, 1.82) is 0 Å². The number of benzene rings is 1. The number of aryl methyl sites for hydroxylation is 1. The molecular weight excluding hydrogens is 628 g/mol. The van der Waals surface area contributed by atoms with Crippen LogP contribution in [0, 0.1) is 12.8 Å². The van der Waals surface area contributed by atoms with Gasteiger partial charge in [-0.15, -0.1) is 0 Å². The summed E-state index contributed by atoms with van der Waals surface area (Å²) in [4.78, 5) is 90.8. The summed E-state index contributed by atoms with van der Waals surface area (Å²) in [6.45, 7) is 6.09. The Balaban J connectivity index is 2.15. The number of rotatable bonds is 18. The van der Waals surface area contributed by atoms with Gasteiger partial charge in [-0.1, -0.05) is 20.3 Å². The summed E-state index contributed by atoms with van der Waals surface area (Å²) < 4.78 is 5.23. The Bertz CT molecular complexity index is 1590. The molecule has 2 rings (SSSR count). The molecule has 0 saturated heterocycles. The van der Waals surface area contributed by atoms with Crippen LogP contribution in [0.2, 0.25) is 0 Å². The number of carboxylic acid groups (broad SMARTS) is 1. The fourth-order valence-electron chi connectivity index (χ4n) is 4.66. The Morgan fingerprint density at radius 1 is 0.958 bits per heavy atom. The molecule has 5 amide bonds. The highest BCUT2D eigenvalue weighted by atomic mass is 16.4. The second-order valence-corrected chi connectivity index (χ2v) is 11.3. The van der Waals surface area contributed by atoms with Crippen LogP contribution in [0.3, 0.4) is 0 Å². The van der Waals surface area contributed by atoms with E-state index in [9.17, 15) is 33.6 Å². The van der Waals surface area contributed by atoms with Gasteiger partial charge >= 0.3 is 11.6 Å². The van der Waals surface area contributed by atoms with E-state index in [2.05, 4.69) is 31.6 Å². The van der Waals surface area contributed by atoms with Gasteiger partial charge in [0, 0.05) is 43.1 Å². The lowest BCUT2D eigenvalue weighted by Gasteiger charge is -2.26. The number of nitrogens with one attached hydrogen (secondary N) is 5. The fourth-order valence-corrected chi connectivity index (χ4v) is 4.66. The maximum Gasteiger partial charge on any atom is 0.336 e. The topological polar surface area (TPSA) is 277 Å². The molecule has 0 aliphatic rings. The summed E-state index contributed by atoms with van der Waals surface area (Å²) >= 11 is 0. The number of nitrogens with two attached hydrogens (primary N) is 2. The van der Waals surface area contributed by atoms with Gasteiger partial charge in [-0.3, -0.25) is 33.8 Å². The number of aliphatic carboxylic acids is 1. The predicted octanol–water partition coefficient (Wildman–Crippen LogP) is -0.405. The number of aliphatic imine (C=N–C) groups is 1. The highest BCUT2D eigenvalue weighted by Gasteiger charge is 2.30. The number of anilines is 1. The third kappa shape index (κ3) is 12.7. The van der Waals surface area contributed by atoms with E-state index in [1.54, 1.807) is 26.0 Å². The standard InChI is InChI=1S/C31H44N8O9/c1-5-16(2)27(36-18(4)40)30(47)39-22(10-11-25(42)43)28(45)35-15-24(41)38-21(7-6-12-34-31(32)33)29(46)37-19-8-9-20-17(3)13-26(44)48-23(20)14-19/h8-9,13-14,16,21-22,27H,5-7,10-12,15H2,1-4H3,(H,35,45)(H,36,40)(H,37,46)(H,38,41)(H,39,47)(H,42,43)(H4,32,33,34)/t16-,21-,22-,27-/m0/s1. The van der Waals surface area contributed by atoms with Crippen molar-refractivity contribution < 1.29 is 38.3 Å². The summed E-state index contributed by atoms with van der Waals surface area (Å²) in [5.41, 5.74) is 11.4. The second kappa shape index (κ2) is 18.6. The highest BCUT2D eigenvalue weighted by Crippen LogP contribution is 2.21. The Morgan fingerprint density at radius 3 is 2.27 bits per heavy atom. The molecule has 0 saturated carbocycles. The van der Waals surface area contributed by atoms with E-state index in [1.807, 2.05) is 6.92 Å². The Morgan fingerprint density at radius 2 is 1.65 bits per heavy atom. The van der Waals surface area contributed by atoms with Gasteiger partial charge in [-0.05, 0) is 49.8 Å². The molecular formula is C31H44N8O9. The number of carbonyl (C=O) groups is 6. The number of carboxylic acids is 1. The minimum Gasteiger partial charge on any atom is -0.481 e. The minimum absolute atomic E-state index is 0.0987. The number of fused-ring (bicyclic) bond motifs is 1. The monoisotopic (exact) mass is 672 g/mol. The fraction of sp³-hybridized carbons (Fsp3) is 0.484. The first-order chi connectivity index (χ1) is 22.6. The zero-order chi connectivity index (χ0) is 36.0. The van der Waals surface area contributed by atoms with Crippen molar-refractivity contribution in [2.75, 3.05) is 18.4 Å². The van der Waals surface area contributed by atoms with E-state index >= 15 is 0 Å². The van der Waals surface area contributed by atoms with Crippen LogP contribution in [-0.4, -0.2) is 77.8 Å². The molecule has 0 aliphatic carbocycles. The molecule has 17 nitrogen and oxygen atoms in total. The number of hydrogen-bond acceptors (Lipinski definition) is 9. The van der Waals surface area contributed by atoms with Crippen molar-refractivity contribution >= 4 is 58.1 Å². The van der Waals surface area contributed by atoms with Crippen molar-refractivity contribution in [3.8, 4) is 0 Å². The van der Waals surface area contributed by atoms with E-state index in [4.69, 9.17) is 21.0 Å². The Kier molecular flexibility index (Phi) is 15.0. The summed E-state index contributed by atoms with van der Waals surface area (Å²) in [6, 6.07) is 2.68. The van der Waals surface area contributed by atoms with Crippen LogP contribution in [0.4, 0.5) is 5.69 Å². The molecule has 17 heteroatoms. The largest absolute Gasteiger partial charge is 0.481 e. The first-order valence-corrected chi connectivity index (χ1v) is 15.4. The van der Waals surface area contributed by atoms with Crippen LogP contribution in [0.25, 0.3) is 11.0 Å². The maximum atomic E-state index is 13.3. The molecule has 262 valence electrons. The van der Waals surface area contributed by atoms with Gasteiger partial charge in [-0.2, -0.15) is 0 Å². The lowest BCUT2D eigenvalue weighted by atomic mass is 9.97. The quantitative estimate of drug-likeness (QED) is 0.0436. The number of carbonyl (C=O) groups excluding carboxylic acids is 5. The van der Waals surface area contributed by atoms with Crippen LogP contribution < -0.4 is 43.7 Å². The van der Waals surface area contributed by atoms with Crippen molar-refractivity contribution in [3.05, 3.63) is 40.2 Å². The molecule has 0 bridgehead atoms. The molecule has 0 spiro atoms. The lowest BCUT2D eigenvalue weighted by Crippen LogP contribution is -2.56. The van der Waals surface area contributed by atoms with Crippen molar-refractivity contribution in [1.82, 2.24) is 21.3 Å². The minimum atomic E-state index is -1.34. The van der Waals surface area contributed by atoms with Gasteiger partial charge in [0.1, 0.15) is 23.7 Å². The predicted molar refractivity (Wildman–Crippen MR) is 177 cm³/mol. The molecule has 0 aliphatic heterocycles. The van der Waals surface area contributed by atoms with E-state index in [-0.39, 0.29) is 36.8 Å². The molecule has 1 aromatic heterocycles. The van der Waals surface area contributed by atoms with Gasteiger partial charge in [0.25, 0.3) is 0 Å². The summed E-state index contributed by atoms with van der Waals surface area (Å²) in [6.07, 6.45) is 0.171. The molecule has 0 radical (unpaired) electrons. The molecule has 4 atom stereocenters. The van der Waals surface area contributed by atoms with Crippen molar-refractivity contribution in [2.45, 2.75) is 77.9 Å². The summed E-state index contributed by atoms with van der Waals surface area (Å²) in [7, 11) is 0.